The summed E-state index contributed by atoms with van der Waals surface area (Å²) in [6, 6.07) is 9.48. The maximum Gasteiger partial charge on any atom is 0.268 e. The van der Waals surface area contributed by atoms with Crippen molar-refractivity contribution in [1.82, 2.24) is 15.3 Å². The zero-order chi connectivity index (χ0) is 15.5. The topological polar surface area (TPSA) is 67.0 Å². The molecule has 2 N–H and O–H groups in total. The third-order valence-electron chi connectivity index (χ3n) is 3.69. The van der Waals surface area contributed by atoms with E-state index in [0.717, 1.165) is 27.8 Å². The Balaban J connectivity index is 1.83. The van der Waals surface area contributed by atoms with Crippen molar-refractivity contribution < 1.29 is 9.53 Å². The van der Waals surface area contributed by atoms with Gasteiger partial charge in [0.05, 0.1) is 7.11 Å². The van der Waals surface area contributed by atoms with E-state index in [4.69, 9.17) is 4.74 Å². The summed E-state index contributed by atoms with van der Waals surface area (Å²) in [7, 11) is 1.63. The van der Waals surface area contributed by atoms with Crippen LogP contribution in [0.15, 0.2) is 42.7 Å². The molecule has 1 aromatic carbocycles. The van der Waals surface area contributed by atoms with Gasteiger partial charge in [-0.1, -0.05) is 0 Å². The van der Waals surface area contributed by atoms with Crippen molar-refractivity contribution in [3.05, 3.63) is 59.5 Å². The predicted molar refractivity (Wildman–Crippen MR) is 85.0 cm³/mol. The summed E-state index contributed by atoms with van der Waals surface area (Å²) in [6.07, 6.45) is 3.42. The zero-order valence-corrected chi connectivity index (χ0v) is 12.5. The lowest BCUT2D eigenvalue weighted by Gasteiger charge is -2.04. The Labute approximate surface area is 128 Å². The average Bonchev–Trinajstić information content (AvgIpc) is 2.90. The second kappa shape index (κ2) is 5.89. The van der Waals surface area contributed by atoms with Crippen molar-refractivity contribution in [3.8, 4) is 5.75 Å². The van der Waals surface area contributed by atoms with E-state index in [9.17, 15) is 4.79 Å². The highest BCUT2D eigenvalue weighted by Crippen LogP contribution is 2.25. The standard InChI is InChI=1S/C17H17N3O2/c1-11-14-9-13(22-2)3-4-15(14)20-16(11)17(21)19-10-12-5-7-18-8-6-12/h3-9,20H,10H2,1-2H3,(H,19,21). The van der Waals surface area contributed by atoms with E-state index in [1.807, 2.05) is 37.3 Å². The molecule has 0 aliphatic heterocycles. The highest BCUT2D eigenvalue weighted by molar-refractivity contribution is 6.01. The molecule has 2 aromatic heterocycles. The van der Waals surface area contributed by atoms with Crippen LogP contribution in [0.5, 0.6) is 5.75 Å². The molecule has 5 heteroatoms. The van der Waals surface area contributed by atoms with Gasteiger partial charge in [-0.3, -0.25) is 9.78 Å². The Hall–Kier alpha value is -2.82. The number of ether oxygens (including phenoxy) is 1. The molecule has 0 aliphatic rings. The largest absolute Gasteiger partial charge is 0.497 e. The van der Waals surface area contributed by atoms with Crippen LogP contribution in [0.3, 0.4) is 0 Å². The quantitative estimate of drug-likeness (QED) is 0.777. The lowest BCUT2D eigenvalue weighted by atomic mass is 10.1. The van der Waals surface area contributed by atoms with Gasteiger partial charge in [0.1, 0.15) is 11.4 Å². The molecule has 0 saturated carbocycles. The van der Waals surface area contributed by atoms with Gasteiger partial charge in [-0.25, -0.2) is 0 Å². The smallest absolute Gasteiger partial charge is 0.268 e. The fourth-order valence-electron chi connectivity index (χ4n) is 2.43. The number of nitrogens with one attached hydrogen (secondary N) is 2. The number of pyridine rings is 1. The van der Waals surface area contributed by atoms with Crippen LogP contribution in [0.25, 0.3) is 10.9 Å². The van der Waals surface area contributed by atoms with Crippen molar-refractivity contribution in [2.45, 2.75) is 13.5 Å². The molecule has 0 bridgehead atoms. The fourth-order valence-corrected chi connectivity index (χ4v) is 2.43. The van der Waals surface area contributed by atoms with Gasteiger partial charge in [0, 0.05) is 29.8 Å². The van der Waals surface area contributed by atoms with Gasteiger partial charge in [0.15, 0.2) is 0 Å². The first-order valence-electron chi connectivity index (χ1n) is 7.02. The number of hydrogen-bond acceptors (Lipinski definition) is 3. The van der Waals surface area contributed by atoms with Crippen LogP contribution in [-0.4, -0.2) is 23.0 Å². The molecular formula is C17H17N3O2. The van der Waals surface area contributed by atoms with E-state index in [1.54, 1.807) is 19.5 Å². The number of aryl methyl sites for hydroxylation is 1. The summed E-state index contributed by atoms with van der Waals surface area (Å²) >= 11 is 0. The SMILES string of the molecule is COc1ccc2[nH]c(C(=O)NCc3ccncc3)c(C)c2c1. The van der Waals surface area contributed by atoms with Crippen LogP contribution in [0.2, 0.25) is 0 Å². The minimum Gasteiger partial charge on any atom is -0.497 e. The third-order valence-corrected chi connectivity index (χ3v) is 3.69. The summed E-state index contributed by atoms with van der Waals surface area (Å²) in [5, 5.41) is 3.91. The van der Waals surface area contributed by atoms with Gasteiger partial charge < -0.3 is 15.0 Å². The lowest BCUT2D eigenvalue weighted by Crippen LogP contribution is -2.23. The summed E-state index contributed by atoms with van der Waals surface area (Å²) < 4.78 is 5.23. The normalized spacial score (nSPS) is 10.6. The van der Waals surface area contributed by atoms with Crippen LogP contribution < -0.4 is 10.1 Å². The first-order chi connectivity index (χ1) is 10.7. The number of hydrogen-bond donors (Lipinski definition) is 2. The number of carbonyl (C=O) groups excluding carboxylic acids is 1. The molecule has 0 atom stereocenters. The molecule has 112 valence electrons. The number of amides is 1. The first-order valence-corrected chi connectivity index (χ1v) is 7.02. The Morgan fingerprint density at radius 3 is 2.77 bits per heavy atom. The van der Waals surface area contributed by atoms with Gasteiger partial charge >= 0.3 is 0 Å². The number of H-pyrrole nitrogens is 1. The average molecular weight is 295 g/mol. The van der Waals surface area contributed by atoms with E-state index in [0.29, 0.717) is 12.2 Å². The first kappa shape index (κ1) is 14.1. The van der Waals surface area contributed by atoms with Gasteiger partial charge in [0.25, 0.3) is 5.91 Å². The molecule has 2 heterocycles. The number of aromatic amines is 1. The molecule has 22 heavy (non-hydrogen) atoms. The van der Waals surface area contributed by atoms with Gasteiger partial charge in [-0.05, 0) is 48.4 Å². The molecule has 1 amide bonds. The number of fused-ring (bicyclic) bond motifs is 1. The highest BCUT2D eigenvalue weighted by atomic mass is 16.5. The predicted octanol–water partition coefficient (Wildman–Crippen LogP) is 2.81. The fraction of sp³-hybridized carbons (Fsp3) is 0.176. The minimum atomic E-state index is -0.121. The van der Waals surface area contributed by atoms with Crippen molar-refractivity contribution in [2.75, 3.05) is 7.11 Å². The zero-order valence-electron chi connectivity index (χ0n) is 12.5. The maximum absolute atomic E-state index is 12.4. The molecule has 0 spiro atoms. The van der Waals surface area contributed by atoms with Crippen LogP contribution in [0.1, 0.15) is 21.6 Å². The van der Waals surface area contributed by atoms with Crippen molar-refractivity contribution in [2.24, 2.45) is 0 Å². The van der Waals surface area contributed by atoms with Crippen molar-refractivity contribution >= 4 is 16.8 Å². The summed E-state index contributed by atoms with van der Waals surface area (Å²) in [5.41, 5.74) is 3.43. The molecule has 0 unspecified atom stereocenters. The number of nitrogens with zero attached hydrogens (tertiary/aromatic N) is 1. The van der Waals surface area contributed by atoms with Gasteiger partial charge in [0.2, 0.25) is 0 Å². The van der Waals surface area contributed by atoms with Gasteiger partial charge in [-0.15, -0.1) is 0 Å². The molecule has 3 aromatic rings. The van der Waals surface area contributed by atoms with Crippen molar-refractivity contribution in [3.63, 3.8) is 0 Å². The van der Waals surface area contributed by atoms with Crippen LogP contribution >= 0.6 is 0 Å². The van der Waals surface area contributed by atoms with Crippen LogP contribution in [-0.2, 0) is 6.54 Å². The highest BCUT2D eigenvalue weighted by Gasteiger charge is 2.15. The molecule has 5 nitrogen and oxygen atoms in total. The molecule has 0 aliphatic carbocycles. The Bertz CT molecular complexity index is 809. The van der Waals surface area contributed by atoms with Crippen LogP contribution in [0.4, 0.5) is 0 Å². The molecule has 0 saturated heterocycles. The molecule has 0 fully saturated rings. The van der Waals surface area contributed by atoms with E-state index in [2.05, 4.69) is 15.3 Å². The van der Waals surface area contributed by atoms with Crippen LogP contribution in [0, 0.1) is 6.92 Å². The number of methoxy groups -OCH3 is 1. The number of benzene rings is 1. The molecule has 3 rings (SSSR count). The Morgan fingerprint density at radius 2 is 2.05 bits per heavy atom. The Morgan fingerprint density at radius 1 is 1.27 bits per heavy atom. The van der Waals surface area contributed by atoms with E-state index < -0.39 is 0 Å². The lowest BCUT2D eigenvalue weighted by molar-refractivity contribution is 0.0946. The second-order valence-corrected chi connectivity index (χ2v) is 5.07. The Kier molecular flexibility index (Phi) is 3.78. The van der Waals surface area contributed by atoms with Gasteiger partial charge in [-0.2, -0.15) is 0 Å². The number of aromatic nitrogens is 2. The van der Waals surface area contributed by atoms with E-state index in [-0.39, 0.29) is 5.91 Å². The monoisotopic (exact) mass is 295 g/mol. The number of carbonyl (C=O) groups is 1. The maximum atomic E-state index is 12.4. The molecule has 0 radical (unpaired) electrons. The van der Waals surface area contributed by atoms with E-state index in [1.165, 1.54) is 0 Å². The second-order valence-electron chi connectivity index (χ2n) is 5.07. The summed E-state index contributed by atoms with van der Waals surface area (Å²) in [6.45, 7) is 2.40. The summed E-state index contributed by atoms with van der Waals surface area (Å²) in [4.78, 5) is 19.5. The molecular weight excluding hydrogens is 278 g/mol. The third kappa shape index (κ3) is 2.65. The minimum absolute atomic E-state index is 0.121. The number of rotatable bonds is 4. The summed E-state index contributed by atoms with van der Waals surface area (Å²) in [5.74, 6) is 0.655. The van der Waals surface area contributed by atoms with Crippen molar-refractivity contribution in [1.29, 1.82) is 0 Å². The van der Waals surface area contributed by atoms with E-state index >= 15 is 0 Å².